The Kier molecular flexibility index (Phi) is 6.39. The molecule has 1 heterocycles. The third-order valence-electron chi connectivity index (χ3n) is 2.86. The predicted octanol–water partition coefficient (Wildman–Crippen LogP) is 0.672. The van der Waals surface area contributed by atoms with Gasteiger partial charge in [-0.2, -0.15) is 0 Å². The lowest BCUT2D eigenvalue weighted by atomic mass is 10.2. The molecule has 0 aromatic heterocycles. The van der Waals surface area contributed by atoms with Crippen molar-refractivity contribution in [1.29, 1.82) is 0 Å². The minimum atomic E-state index is 0.399. The van der Waals surface area contributed by atoms with E-state index in [1.165, 1.54) is 0 Å². The number of hydrogen-bond donors (Lipinski definition) is 2. The third kappa shape index (κ3) is 5.30. The van der Waals surface area contributed by atoms with Crippen molar-refractivity contribution in [3.63, 3.8) is 0 Å². The molecule has 1 aromatic carbocycles. The summed E-state index contributed by atoms with van der Waals surface area (Å²) in [6, 6.07) is 3.32. The van der Waals surface area contributed by atoms with E-state index in [-0.39, 0.29) is 0 Å². The molecule has 0 bridgehead atoms. The summed E-state index contributed by atoms with van der Waals surface area (Å²) < 4.78 is 27.4. The molecule has 118 valence electrons. The number of anilines is 2. The van der Waals surface area contributed by atoms with Crippen LogP contribution in [0.4, 0.5) is 11.4 Å². The van der Waals surface area contributed by atoms with Crippen molar-refractivity contribution < 1.29 is 23.7 Å². The Balaban J connectivity index is 2.00. The van der Waals surface area contributed by atoms with Gasteiger partial charge in [-0.1, -0.05) is 0 Å². The van der Waals surface area contributed by atoms with Crippen LogP contribution in [0.2, 0.25) is 0 Å². The van der Waals surface area contributed by atoms with Gasteiger partial charge in [-0.25, -0.2) is 0 Å². The Hall–Kier alpha value is -1.70. The molecule has 21 heavy (non-hydrogen) atoms. The van der Waals surface area contributed by atoms with Crippen LogP contribution in [0.5, 0.6) is 11.5 Å². The smallest absolute Gasteiger partial charge is 0.163 e. The molecule has 0 aliphatic carbocycles. The zero-order valence-electron chi connectivity index (χ0n) is 12.0. The van der Waals surface area contributed by atoms with E-state index in [2.05, 4.69) is 0 Å². The number of nitrogens with two attached hydrogens (primary N) is 2. The second-order valence-corrected chi connectivity index (χ2v) is 4.46. The molecular weight excluding hydrogens is 276 g/mol. The van der Waals surface area contributed by atoms with Gasteiger partial charge in [0.2, 0.25) is 0 Å². The van der Waals surface area contributed by atoms with E-state index < -0.39 is 0 Å². The van der Waals surface area contributed by atoms with Gasteiger partial charge in [0, 0.05) is 12.1 Å². The van der Waals surface area contributed by atoms with Crippen molar-refractivity contribution in [2.45, 2.75) is 0 Å². The fourth-order valence-electron chi connectivity index (χ4n) is 1.78. The van der Waals surface area contributed by atoms with Crippen LogP contribution in [0.15, 0.2) is 12.1 Å². The van der Waals surface area contributed by atoms with Gasteiger partial charge in [-0.15, -0.1) is 0 Å². The zero-order valence-corrected chi connectivity index (χ0v) is 12.0. The molecule has 0 saturated heterocycles. The van der Waals surface area contributed by atoms with Crippen LogP contribution in [-0.4, -0.2) is 52.9 Å². The van der Waals surface area contributed by atoms with E-state index in [1.807, 2.05) is 0 Å². The van der Waals surface area contributed by atoms with Gasteiger partial charge < -0.3 is 35.2 Å². The lowest BCUT2D eigenvalue weighted by Gasteiger charge is -2.14. The summed E-state index contributed by atoms with van der Waals surface area (Å²) >= 11 is 0. The molecule has 7 nitrogen and oxygen atoms in total. The molecular formula is C14H22N2O5. The highest BCUT2D eigenvalue weighted by Gasteiger charge is 2.09. The Morgan fingerprint density at radius 2 is 0.905 bits per heavy atom. The molecule has 2 rings (SSSR count). The monoisotopic (exact) mass is 298 g/mol. The minimum absolute atomic E-state index is 0.399. The molecule has 0 atom stereocenters. The molecule has 1 aliphatic rings. The summed E-state index contributed by atoms with van der Waals surface area (Å²) in [6.45, 7) is 3.85. The molecule has 0 spiro atoms. The summed E-state index contributed by atoms with van der Waals surface area (Å²) in [4.78, 5) is 0. The lowest BCUT2D eigenvalue weighted by Crippen LogP contribution is -2.13. The number of fused-ring (bicyclic) bond motifs is 1. The first-order valence-electron chi connectivity index (χ1n) is 6.95. The summed E-state index contributed by atoms with van der Waals surface area (Å²) in [6.07, 6.45) is 0. The van der Waals surface area contributed by atoms with Gasteiger partial charge in [-0.05, 0) is 0 Å². The minimum Gasteiger partial charge on any atom is -0.487 e. The van der Waals surface area contributed by atoms with E-state index in [0.29, 0.717) is 75.7 Å². The first-order chi connectivity index (χ1) is 10.3. The molecule has 0 amide bonds. The highest BCUT2D eigenvalue weighted by molar-refractivity contribution is 5.69. The first-order valence-corrected chi connectivity index (χ1v) is 6.95. The Morgan fingerprint density at radius 3 is 1.29 bits per heavy atom. The molecule has 0 radical (unpaired) electrons. The van der Waals surface area contributed by atoms with E-state index in [0.717, 1.165) is 0 Å². The van der Waals surface area contributed by atoms with Crippen LogP contribution in [0, 0.1) is 0 Å². The summed E-state index contributed by atoms with van der Waals surface area (Å²) in [5.74, 6) is 1.10. The van der Waals surface area contributed by atoms with E-state index in [4.69, 9.17) is 35.2 Å². The summed E-state index contributed by atoms with van der Waals surface area (Å²) in [5, 5.41) is 0. The molecule has 0 fully saturated rings. The lowest BCUT2D eigenvalue weighted by molar-refractivity contribution is 0.00708. The number of hydrogen-bond acceptors (Lipinski definition) is 7. The number of benzene rings is 1. The predicted molar refractivity (Wildman–Crippen MR) is 78.7 cm³/mol. The van der Waals surface area contributed by atoms with Crippen molar-refractivity contribution >= 4 is 11.4 Å². The average Bonchev–Trinajstić information content (AvgIpc) is 2.48. The highest BCUT2D eigenvalue weighted by Crippen LogP contribution is 2.33. The standard InChI is InChI=1S/C14H22N2O5/c15-11-9-13-14(10-12(11)16)21-8-6-19-4-2-17-1-3-18-5-7-20-13/h9-10H,1-8,15-16H2. The van der Waals surface area contributed by atoms with E-state index >= 15 is 0 Å². The van der Waals surface area contributed by atoms with Crippen molar-refractivity contribution in [2.75, 3.05) is 64.3 Å². The van der Waals surface area contributed by atoms with Crippen LogP contribution in [0.1, 0.15) is 0 Å². The molecule has 4 N–H and O–H groups in total. The number of nitrogen functional groups attached to an aromatic ring is 2. The quantitative estimate of drug-likeness (QED) is 0.679. The van der Waals surface area contributed by atoms with Crippen molar-refractivity contribution in [3.8, 4) is 11.5 Å². The first kappa shape index (κ1) is 15.7. The topological polar surface area (TPSA) is 98.2 Å². The van der Waals surface area contributed by atoms with Crippen LogP contribution >= 0.6 is 0 Å². The largest absolute Gasteiger partial charge is 0.487 e. The van der Waals surface area contributed by atoms with Gasteiger partial charge >= 0.3 is 0 Å². The van der Waals surface area contributed by atoms with E-state index in [9.17, 15) is 0 Å². The summed E-state index contributed by atoms with van der Waals surface area (Å²) in [7, 11) is 0. The van der Waals surface area contributed by atoms with Gasteiger partial charge in [-0.3, -0.25) is 0 Å². The van der Waals surface area contributed by atoms with Crippen LogP contribution < -0.4 is 20.9 Å². The molecule has 1 aromatic rings. The zero-order chi connectivity index (χ0) is 14.9. The molecule has 7 heteroatoms. The average molecular weight is 298 g/mol. The van der Waals surface area contributed by atoms with Crippen LogP contribution in [0.25, 0.3) is 0 Å². The van der Waals surface area contributed by atoms with Crippen molar-refractivity contribution in [2.24, 2.45) is 0 Å². The van der Waals surface area contributed by atoms with Gasteiger partial charge in [0.05, 0.1) is 51.0 Å². The maximum absolute atomic E-state index is 5.79. The second-order valence-electron chi connectivity index (χ2n) is 4.46. The Labute approximate surface area is 124 Å². The maximum atomic E-state index is 5.79. The maximum Gasteiger partial charge on any atom is 0.163 e. The summed E-state index contributed by atoms with van der Waals surface area (Å²) in [5.41, 5.74) is 12.5. The fourth-order valence-corrected chi connectivity index (χ4v) is 1.78. The van der Waals surface area contributed by atoms with Gasteiger partial charge in [0.15, 0.2) is 11.5 Å². The third-order valence-corrected chi connectivity index (χ3v) is 2.86. The van der Waals surface area contributed by atoms with Crippen LogP contribution in [0.3, 0.4) is 0 Å². The Bertz CT molecular complexity index is 403. The molecule has 0 saturated carbocycles. The van der Waals surface area contributed by atoms with Gasteiger partial charge in [0.25, 0.3) is 0 Å². The second kappa shape index (κ2) is 8.56. The normalized spacial score (nSPS) is 18.5. The van der Waals surface area contributed by atoms with Gasteiger partial charge in [0.1, 0.15) is 13.2 Å². The highest BCUT2D eigenvalue weighted by atomic mass is 16.6. The van der Waals surface area contributed by atoms with Crippen molar-refractivity contribution in [1.82, 2.24) is 0 Å². The SMILES string of the molecule is Nc1cc2c(cc1N)OCCOCCOCCOCCO2. The van der Waals surface area contributed by atoms with E-state index in [1.54, 1.807) is 12.1 Å². The van der Waals surface area contributed by atoms with Crippen molar-refractivity contribution in [3.05, 3.63) is 12.1 Å². The Morgan fingerprint density at radius 1 is 0.571 bits per heavy atom. The molecule has 0 unspecified atom stereocenters. The molecule has 1 aliphatic heterocycles. The number of ether oxygens (including phenoxy) is 5. The van der Waals surface area contributed by atoms with Crippen LogP contribution in [-0.2, 0) is 14.2 Å². The fraction of sp³-hybridized carbons (Fsp3) is 0.571. The number of rotatable bonds is 0.